The highest BCUT2D eigenvalue weighted by Crippen LogP contribution is 2.44. The molecule has 1 fully saturated rings. The minimum atomic E-state index is -0.609. The largest absolute Gasteiger partial charge is 0.492 e. The fourth-order valence-corrected chi connectivity index (χ4v) is 4.94. The van der Waals surface area contributed by atoms with Crippen molar-refractivity contribution < 1.29 is 18.8 Å². The van der Waals surface area contributed by atoms with E-state index in [0.29, 0.717) is 0 Å². The first-order valence-corrected chi connectivity index (χ1v) is 13.2. The maximum atomic E-state index is 12.8. The summed E-state index contributed by atoms with van der Waals surface area (Å²) >= 11 is 3.37. The lowest BCUT2D eigenvalue weighted by atomic mass is 9.77. The van der Waals surface area contributed by atoms with Crippen LogP contribution in [-0.2, 0) is 14.0 Å². The van der Waals surface area contributed by atoms with Gasteiger partial charge in [-0.05, 0) is 83.0 Å². The predicted molar refractivity (Wildman–Crippen MR) is 149 cm³/mol. The summed E-state index contributed by atoms with van der Waals surface area (Å²) in [7, 11) is -0.609. The summed E-state index contributed by atoms with van der Waals surface area (Å²) in [6.45, 7) is 8.49. The Hall–Kier alpha value is -2.94. The first-order chi connectivity index (χ1) is 17.6. The number of alkyl carbamates (subject to hydrolysis) is 1. The van der Waals surface area contributed by atoms with E-state index in [1.54, 1.807) is 6.20 Å². The van der Waals surface area contributed by atoms with Crippen molar-refractivity contribution in [3.8, 4) is 11.1 Å². The maximum absolute atomic E-state index is 12.8. The quantitative estimate of drug-likeness (QED) is 0.279. The monoisotopic (exact) mass is 560 g/mol. The van der Waals surface area contributed by atoms with Crippen LogP contribution in [0.2, 0.25) is 0 Å². The van der Waals surface area contributed by atoms with Crippen LogP contribution >= 0.6 is 15.9 Å². The molecule has 1 saturated heterocycles. The number of pyridine rings is 1. The maximum Gasteiger partial charge on any atom is 0.492 e. The molecule has 0 unspecified atom stereocenters. The number of ether oxygens (including phenoxy) is 1. The Bertz CT molecular complexity index is 1280. The number of nitrogens with one attached hydrogen (secondary N) is 1. The molecule has 1 aliphatic carbocycles. The summed E-state index contributed by atoms with van der Waals surface area (Å²) in [5, 5.41) is 2.90. The van der Waals surface area contributed by atoms with Crippen LogP contribution in [0.4, 0.5) is 4.79 Å². The number of nitrogens with zero attached hydrogens (tertiary/aromatic N) is 1. The SMILES string of the molecule is CC1(C)OB(C(=Cc2ccc(Br)nc2)CNC(=O)OCC2c3ccccc3-c3ccccc32)OC1(C)C. The van der Waals surface area contributed by atoms with Crippen molar-refractivity contribution in [2.45, 2.75) is 44.8 Å². The fourth-order valence-electron chi connectivity index (χ4n) is 4.71. The molecule has 0 bridgehead atoms. The van der Waals surface area contributed by atoms with E-state index in [2.05, 4.69) is 50.5 Å². The number of rotatable bonds is 6. The van der Waals surface area contributed by atoms with E-state index in [9.17, 15) is 4.79 Å². The molecule has 6 nitrogen and oxygen atoms in total. The van der Waals surface area contributed by atoms with Crippen LogP contribution in [0.25, 0.3) is 17.2 Å². The minimum absolute atomic E-state index is 0.00472. The van der Waals surface area contributed by atoms with E-state index in [0.717, 1.165) is 15.6 Å². The topological polar surface area (TPSA) is 69.7 Å². The molecule has 3 aromatic rings. The molecule has 1 aromatic heterocycles. The number of hydrogen-bond acceptors (Lipinski definition) is 5. The average molecular weight is 561 g/mol. The number of halogens is 1. The van der Waals surface area contributed by atoms with Gasteiger partial charge in [0.25, 0.3) is 0 Å². The first-order valence-electron chi connectivity index (χ1n) is 12.4. The number of aromatic nitrogens is 1. The van der Waals surface area contributed by atoms with Gasteiger partial charge in [0.05, 0.1) is 11.2 Å². The number of carbonyl (C=O) groups is 1. The summed E-state index contributed by atoms with van der Waals surface area (Å²) in [6.07, 6.45) is 3.20. The highest BCUT2D eigenvalue weighted by atomic mass is 79.9. The molecule has 2 aliphatic rings. The van der Waals surface area contributed by atoms with Crippen LogP contribution in [-0.4, -0.2) is 42.5 Å². The lowest BCUT2D eigenvalue weighted by Gasteiger charge is -2.32. The van der Waals surface area contributed by atoms with Gasteiger partial charge in [-0.2, -0.15) is 0 Å². The molecule has 190 valence electrons. The highest BCUT2D eigenvalue weighted by Gasteiger charge is 2.52. The summed E-state index contributed by atoms with van der Waals surface area (Å²) in [5.41, 5.74) is 5.40. The molecule has 0 spiro atoms. The summed E-state index contributed by atoms with van der Waals surface area (Å²) in [4.78, 5) is 17.1. The average Bonchev–Trinajstić information content (AvgIpc) is 3.30. The van der Waals surface area contributed by atoms with E-state index >= 15 is 0 Å². The van der Waals surface area contributed by atoms with Crippen LogP contribution < -0.4 is 5.32 Å². The van der Waals surface area contributed by atoms with Gasteiger partial charge < -0.3 is 19.4 Å². The van der Waals surface area contributed by atoms with E-state index in [4.69, 9.17) is 14.0 Å². The number of carbonyl (C=O) groups excluding carboxylic acids is 1. The molecule has 37 heavy (non-hydrogen) atoms. The summed E-state index contributed by atoms with van der Waals surface area (Å²) in [5.74, 6) is 0.00472. The fraction of sp³-hybridized carbons (Fsp3) is 0.310. The second kappa shape index (κ2) is 10.1. The molecule has 2 heterocycles. The van der Waals surface area contributed by atoms with Crippen molar-refractivity contribution in [2.75, 3.05) is 13.2 Å². The number of amides is 1. The van der Waals surface area contributed by atoms with Gasteiger partial charge in [0, 0.05) is 18.7 Å². The summed E-state index contributed by atoms with van der Waals surface area (Å²) < 4.78 is 19.0. The van der Waals surface area contributed by atoms with Gasteiger partial charge in [-0.25, -0.2) is 9.78 Å². The molecule has 1 aliphatic heterocycles. The van der Waals surface area contributed by atoms with Crippen molar-refractivity contribution in [3.63, 3.8) is 0 Å². The molecule has 0 atom stereocenters. The molecular weight excluding hydrogens is 531 g/mol. The predicted octanol–water partition coefficient (Wildman–Crippen LogP) is 6.40. The Kier molecular flexibility index (Phi) is 7.00. The van der Waals surface area contributed by atoms with Crippen LogP contribution in [0.15, 0.2) is 76.9 Å². The second-order valence-corrected chi connectivity index (χ2v) is 11.2. The van der Waals surface area contributed by atoms with Crippen molar-refractivity contribution in [1.82, 2.24) is 10.3 Å². The Morgan fingerprint density at radius 2 is 1.59 bits per heavy atom. The molecule has 0 saturated carbocycles. The minimum Gasteiger partial charge on any atom is -0.449 e. The zero-order valence-corrected chi connectivity index (χ0v) is 23.0. The standard InChI is InChI=1S/C29H30BBrN2O4/c1-28(2)29(3,4)37-30(36-28)20(15-19-13-14-26(31)32-16-19)17-33-27(34)35-18-25-23-11-7-5-9-21(23)22-10-6-8-12-24(22)25/h5-16,25H,17-18H2,1-4H3,(H,33,34). The number of fused-ring (bicyclic) bond motifs is 3. The smallest absolute Gasteiger partial charge is 0.449 e. The van der Waals surface area contributed by atoms with Crippen LogP contribution in [0, 0.1) is 0 Å². The molecule has 0 radical (unpaired) electrons. The van der Waals surface area contributed by atoms with Crippen molar-refractivity contribution in [3.05, 3.63) is 93.6 Å². The Labute approximate surface area is 226 Å². The number of benzene rings is 2. The van der Waals surface area contributed by atoms with Gasteiger partial charge >= 0.3 is 13.2 Å². The van der Waals surface area contributed by atoms with Gasteiger partial charge in [0.15, 0.2) is 0 Å². The molecular formula is C29H30BBrN2O4. The molecule has 2 aromatic carbocycles. The Balaban J connectivity index is 1.29. The van der Waals surface area contributed by atoms with Gasteiger partial charge in [0.2, 0.25) is 0 Å². The Morgan fingerprint density at radius 1 is 1.00 bits per heavy atom. The Morgan fingerprint density at radius 3 is 2.16 bits per heavy atom. The molecule has 1 amide bonds. The van der Waals surface area contributed by atoms with Crippen molar-refractivity contribution in [1.29, 1.82) is 0 Å². The molecule has 1 N–H and O–H groups in total. The van der Waals surface area contributed by atoms with Gasteiger partial charge in [0.1, 0.15) is 11.2 Å². The van der Waals surface area contributed by atoms with Gasteiger partial charge in [-0.15, -0.1) is 0 Å². The van der Waals surface area contributed by atoms with Crippen LogP contribution in [0.1, 0.15) is 50.3 Å². The van der Waals surface area contributed by atoms with Crippen molar-refractivity contribution >= 4 is 35.2 Å². The summed E-state index contributed by atoms with van der Waals surface area (Å²) in [6, 6.07) is 20.4. The van der Waals surface area contributed by atoms with Crippen molar-refractivity contribution in [2.24, 2.45) is 0 Å². The lowest BCUT2D eigenvalue weighted by Crippen LogP contribution is -2.41. The van der Waals surface area contributed by atoms with Gasteiger partial charge in [-0.3, -0.25) is 0 Å². The molecule has 8 heteroatoms. The third-order valence-electron chi connectivity index (χ3n) is 7.44. The molecule has 5 rings (SSSR count). The van der Waals surface area contributed by atoms with Gasteiger partial charge in [-0.1, -0.05) is 60.7 Å². The highest BCUT2D eigenvalue weighted by molar-refractivity contribution is 9.10. The lowest BCUT2D eigenvalue weighted by molar-refractivity contribution is 0.00578. The third-order valence-corrected chi connectivity index (χ3v) is 7.91. The third kappa shape index (κ3) is 5.24. The van der Waals surface area contributed by atoms with E-state index in [1.807, 2.05) is 70.2 Å². The zero-order chi connectivity index (χ0) is 26.2. The number of hydrogen-bond donors (Lipinski definition) is 1. The first kappa shape index (κ1) is 25.7. The van der Waals surface area contributed by atoms with E-state index in [-0.39, 0.29) is 19.1 Å². The van der Waals surface area contributed by atoms with Crippen LogP contribution in [0.3, 0.4) is 0 Å². The van der Waals surface area contributed by atoms with E-state index in [1.165, 1.54) is 22.3 Å². The van der Waals surface area contributed by atoms with E-state index < -0.39 is 24.4 Å². The zero-order valence-electron chi connectivity index (χ0n) is 21.5. The van der Waals surface area contributed by atoms with Crippen LogP contribution in [0.5, 0.6) is 0 Å². The second-order valence-electron chi connectivity index (χ2n) is 10.4. The normalized spacial score (nSPS) is 17.9.